The molecule has 132 valence electrons. The molecule has 0 aliphatic carbocycles. The molecular formula is C20H24N2O3. The van der Waals surface area contributed by atoms with Crippen molar-refractivity contribution in [3.63, 3.8) is 0 Å². The fourth-order valence-electron chi connectivity index (χ4n) is 2.28. The Balaban J connectivity index is 1.98. The number of anilines is 1. The second-order valence-electron chi connectivity index (χ2n) is 5.32. The minimum Gasteiger partial charge on any atom is -0.490 e. The smallest absolute Gasteiger partial charge is 0.323 e. The molecule has 0 atom stereocenters. The molecule has 0 aliphatic rings. The zero-order valence-corrected chi connectivity index (χ0v) is 14.8. The SMILES string of the molecule is CCOc1ccc(NC(=O)N/C=C/c2ccccc2C)cc1OCC. The van der Waals surface area contributed by atoms with Gasteiger partial charge in [-0.05, 0) is 50.1 Å². The Morgan fingerprint density at radius 1 is 1.04 bits per heavy atom. The highest BCUT2D eigenvalue weighted by atomic mass is 16.5. The second kappa shape index (κ2) is 9.37. The number of hydrogen-bond donors (Lipinski definition) is 2. The average Bonchev–Trinajstić information content (AvgIpc) is 2.59. The van der Waals surface area contributed by atoms with Crippen molar-refractivity contribution in [2.45, 2.75) is 20.8 Å². The van der Waals surface area contributed by atoms with Crippen LogP contribution in [0.5, 0.6) is 11.5 Å². The molecule has 5 heteroatoms. The van der Waals surface area contributed by atoms with E-state index in [1.807, 2.05) is 51.1 Å². The van der Waals surface area contributed by atoms with Gasteiger partial charge in [-0.3, -0.25) is 0 Å². The van der Waals surface area contributed by atoms with Crippen molar-refractivity contribution in [1.29, 1.82) is 0 Å². The number of aryl methyl sites for hydroxylation is 1. The van der Waals surface area contributed by atoms with Crippen LogP contribution in [0.2, 0.25) is 0 Å². The number of hydrogen-bond acceptors (Lipinski definition) is 3. The zero-order chi connectivity index (χ0) is 18.1. The van der Waals surface area contributed by atoms with Crippen LogP contribution in [-0.2, 0) is 0 Å². The second-order valence-corrected chi connectivity index (χ2v) is 5.32. The molecular weight excluding hydrogens is 316 g/mol. The van der Waals surface area contributed by atoms with E-state index < -0.39 is 0 Å². The normalized spacial score (nSPS) is 10.5. The number of rotatable bonds is 7. The Bertz CT molecular complexity index is 741. The molecule has 25 heavy (non-hydrogen) atoms. The molecule has 0 radical (unpaired) electrons. The molecule has 0 bridgehead atoms. The largest absolute Gasteiger partial charge is 0.490 e. The van der Waals surface area contributed by atoms with E-state index in [-0.39, 0.29) is 6.03 Å². The monoisotopic (exact) mass is 340 g/mol. The molecule has 0 aliphatic heterocycles. The average molecular weight is 340 g/mol. The maximum atomic E-state index is 12.0. The van der Waals surface area contributed by atoms with Crippen molar-refractivity contribution < 1.29 is 14.3 Å². The zero-order valence-electron chi connectivity index (χ0n) is 14.8. The lowest BCUT2D eigenvalue weighted by Gasteiger charge is -2.12. The Kier molecular flexibility index (Phi) is 6.89. The predicted octanol–water partition coefficient (Wildman–Crippen LogP) is 4.58. The summed E-state index contributed by atoms with van der Waals surface area (Å²) >= 11 is 0. The third-order valence-corrected chi connectivity index (χ3v) is 3.47. The molecule has 2 rings (SSSR count). The number of carbonyl (C=O) groups excluding carboxylic acids is 1. The summed E-state index contributed by atoms with van der Waals surface area (Å²) < 4.78 is 11.1. The van der Waals surface area contributed by atoms with Gasteiger partial charge in [-0.25, -0.2) is 4.79 Å². The molecule has 0 saturated carbocycles. The van der Waals surface area contributed by atoms with Gasteiger partial charge in [0.05, 0.1) is 13.2 Å². The highest BCUT2D eigenvalue weighted by Gasteiger charge is 2.07. The number of nitrogens with one attached hydrogen (secondary N) is 2. The molecule has 2 aromatic rings. The Hall–Kier alpha value is -2.95. The highest BCUT2D eigenvalue weighted by Crippen LogP contribution is 2.30. The molecule has 0 heterocycles. The lowest BCUT2D eigenvalue weighted by Crippen LogP contribution is -2.23. The van der Waals surface area contributed by atoms with Gasteiger partial charge in [-0.15, -0.1) is 0 Å². The predicted molar refractivity (Wildman–Crippen MR) is 101 cm³/mol. The lowest BCUT2D eigenvalue weighted by molar-refractivity contribution is 0.255. The molecule has 0 fully saturated rings. The first-order valence-corrected chi connectivity index (χ1v) is 8.33. The number of carbonyl (C=O) groups is 1. The van der Waals surface area contributed by atoms with E-state index in [9.17, 15) is 4.79 Å². The molecule has 2 N–H and O–H groups in total. The first kappa shape index (κ1) is 18.4. The summed E-state index contributed by atoms with van der Waals surface area (Å²) in [4.78, 5) is 12.0. The maximum Gasteiger partial charge on any atom is 0.323 e. The summed E-state index contributed by atoms with van der Waals surface area (Å²) in [5, 5.41) is 5.47. The molecule has 0 aromatic heterocycles. The van der Waals surface area contributed by atoms with Crippen LogP contribution < -0.4 is 20.1 Å². The van der Waals surface area contributed by atoms with Crippen LogP contribution in [0.15, 0.2) is 48.7 Å². The van der Waals surface area contributed by atoms with Gasteiger partial charge < -0.3 is 20.1 Å². The standard InChI is InChI=1S/C20H24N2O3/c1-4-24-18-11-10-17(14-19(18)25-5-2)22-20(23)21-13-12-16-9-7-6-8-15(16)3/h6-14H,4-5H2,1-3H3,(H2,21,22,23)/b13-12+. The summed E-state index contributed by atoms with van der Waals surface area (Å²) in [7, 11) is 0. The lowest BCUT2D eigenvalue weighted by atomic mass is 10.1. The number of urea groups is 1. The van der Waals surface area contributed by atoms with E-state index in [2.05, 4.69) is 10.6 Å². The summed E-state index contributed by atoms with van der Waals surface area (Å²) in [5.74, 6) is 1.27. The van der Waals surface area contributed by atoms with E-state index in [1.165, 1.54) is 0 Å². The van der Waals surface area contributed by atoms with Gasteiger partial charge in [0.1, 0.15) is 0 Å². The summed E-state index contributed by atoms with van der Waals surface area (Å²) in [6, 6.07) is 12.9. The van der Waals surface area contributed by atoms with E-state index in [0.717, 1.165) is 11.1 Å². The van der Waals surface area contributed by atoms with Crippen molar-refractivity contribution in [3.8, 4) is 11.5 Å². The maximum absolute atomic E-state index is 12.0. The first-order chi connectivity index (χ1) is 12.1. The number of amides is 2. The molecule has 0 spiro atoms. The molecule has 5 nitrogen and oxygen atoms in total. The Labute approximate surface area is 148 Å². The summed E-state index contributed by atoms with van der Waals surface area (Å²) in [6.07, 6.45) is 3.48. The van der Waals surface area contributed by atoms with Gasteiger partial charge in [-0.2, -0.15) is 0 Å². The van der Waals surface area contributed by atoms with Gasteiger partial charge in [0.2, 0.25) is 0 Å². The van der Waals surface area contributed by atoms with Gasteiger partial charge in [0.25, 0.3) is 0 Å². The van der Waals surface area contributed by atoms with Gasteiger partial charge in [0.15, 0.2) is 11.5 Å². The van der Waals surface area contributed by atoms with Crippen molar-refractivity contribution in [3.05, 3.63) is 59.8 Å². The molecule has 2 aromatic carbocycles. The van der Waals surface area contributed by atoms with Crippen LogP contribution in [0.4, 0.5) is 10.5 Å². The fraction of sp³-hybridized carbons (Fsp3) is 0.250. The van der Waals surface area contributed by atoms with Gasteiger partial charge >= 0.3 is 6.03 Å². The van der Waals surface area contributed by atoms with Crippen LogP contribution in [0.3, 0.4) is 0 Å². The Morgan fingerprint density at radius 2 is 1.76 bits per heavy atom. The van der Waals surface area contributed by atoms with Gasteiger partial charge in [-0.1, -0.05) is 24.3 Å². The third kappa shape index (κ3) is 5.57. The van der Waals surface area contributed by atoms with Crippen molar-refractivity contribution >= 4 is 17.8 Å². The number of ether oxygens (including phenoxy) is 2. The van der Waals surface area contributed by atoms with Gasteiger partial charge in [0, 0.05) is 18.0 Å². The van der Waals surface area contributed by atoms with E-state index >= 15 is 0 Å². The Morgan fingerprint density at radius 3 is 2.48 bits per heavy atom. The number of benzene rings is 2. The van der Waals surface area contributed by atoms with E-state index in [4.69, 9.17) is 9.47 Å². The summed E-state index contributed by atoms with van der Waals surface area (Å²) in [6.45, 7) is 6.91. The third-order valence-electron chi connectivity index (χ3n) is 3.47. The van der Waals surface area contributed by atoms with Crippen molar-refractivity contribution in [2.24, 2.45) is 0 Å². The van der Waals surface area contributed by atoms with Crippen LogP contribution in [0.1, 0.15) is 25.0 Å². The van der Waals surface area contributed by atoms with Crippen LogP contribution >= 0.6 is 0 Å². The van der Waals surface area contributed by atoms with Crippen molar-refractivity contribution in [2.75, 3.05) is 18.5 Å². The van der Waals surface area contributed by atoms with Crippen LogP contribution in [-0.4, -0.2) is 19.2 Å². The molecule has 0 unspecified atom stereocenters. The van der Waals surface area contributed by atoms with E-state index in [0.29, 0.717) is 30.4 Å². The van der Waals surface area contributed by atoms with Crippen LogP contribution in [0, 0.1) is 6.92 Å². The molecule has 2 amide bonds. The van der Waals surface area contributed by atoms with E-state index in [1.54, 1.807) is 24.4 Å². The molecule has 0 saturated heterocycles. The highest BCUT2D eigenvalue weighted by molar-refractivity contribution is 5.90. The quantitative estimate of drug-likeness (QED) is 0.775. The minimum atomic E-state index is -0.323. The minimum absolute atomic E-state index is 0.323. The summed E-state index contributed by atoms with van der Waals surface area (Å²) in [5.41, 5.74) is 2.84. The first-order valence-electron chi connectivity index (χ1n) is 8.33. The topological polar surface area (TPSA) is 59.6 Å². The van der Waals surface area contributed by atoms with Crippen LogP contribution in [0.25, 0.3) is 6.08 Å². The fourth-order valence-corrected chi connectivity index (χ4v) is 2.28. The van der Waals surface area contributed by atoms with Crippen molar-refractivity contribution in [1.82, 2.24) is 5.32 Å².